The van der Waals surface area contributed by atoms with Crippen LogP contribution < -0.4 is 5.32 Å². The normalized spacial score (nSPS) is 17.7. The molecule has 8 heteroatoms. The van der Waals surface area contributed by atoms with Crippen LogP contribution in [0.1, 0.15) is 42.1 Å². The van der Waals surface area contributed by atoms with E-state index in [1.807, 2.05) is 13.0 Å². The van der Waals surface area contributed by atoms with Crippen LogP contribution in [0.4, 0.5) is 5.69 Å². The van der Waals surface area contributed by atoms with Crippen molar-refractivity contribution in [2.75, 3.05) is 11.9 Å². The second-order valence-electron chi connectivity index (χ2n) is 6.75. The lowest BCUT2D eigenvalue weighted by atomic mass is 10.1. The van der Waals surface area contributed by atoms with Gasteiger partial charge in [-0.3, -0.25) is 4.79 Å². The molecule has 0 radical (unpaired) electrons. The van der Waals surface area contributed by atoms with Crippen molar-refractivity contribution in [1.29, 1.82) is 5.26 Å². The summed E-state index contributed by atoms with van der Waals surface area (Å²) in [4.78, 5) is 12.7. The molecule has 1 N–H and O–H groups in total. The van der Waals surface area contributed by atoms with E-state index in [1.165, 1.54) is 28.6 Å². The first-order valence-corrected chi connectivity index (χ1v) is 10.8. The molecule has 1 heterocycles. The van der Waals surface area contributed by atoms with Crippen LogP contribution in [-0.4, -0.2) is 31.2 Å². The van der Waals surface area contributed by atoms with E-state index < -0.39 is 15.9 Å². The number of nitriles is 1. The number of benzene rings is 2. The molecule has 1 unspecified atom stereocenters. The second kappa shape index (κ2) is 8.31. The molecule has 1 fully saturated rings. The van der Waals surface area contributed by atoms with Crippen LogP contribution in [0.3, 0.4) is 0 Å². The van der Waals surface area contributed by atoms with Crippen LogP contribution in [0, 0.1) is 11.3 Å². The van der Waals surface area contributed by atoms with Crippen molar-refractivity contribution in [3.63, 3.8) is 0 Å². The number of amides is 1. The van der Waals surface area contributed by atoms with Gasteiger partial charge in [0.25, 0.3) is 5.91 Å². The molecule has 0 bridgehead atoms. The summed E-state index contributed by atoms with van der Waals surface area (Å²) in [6.07, 6.45) is 2.68. The van der Waals surface area contributed by atoms with Crippen LogP contribution in [0.2, 0.25) is 5.02 Å². The summed E-state index contributed by atoms with van der Waals surface area (Å²) in [6.45, 7) is 2.39. The number of piperidine rings is 1. The molecule has 1 aliphatic heterocycles. The number of carbonyl (C=O) groups is 1. The fraction of sp³-hybridized carbons (Fsp3) is 0.300. The van der Waals surface area contributed by atoms with Crippen LogP contribution in [0.25, 0.3) is 0 Å². The van der Waals surface area contributed by atoms with Crippen molar-refractivity contribution in [3.8, 4) is 6.07 Å². The Morgan fingerprint density at radius 3 is 2.75 bits per heavy atom. The number of nitrogens with one attached hydrogen (secondary N) is 1. The second-order valence-corrected chi connectivity index (χ2v) is 9.05. The van der Waals surface area contributed by atoms with E-state index in [9.17, 15) is 13.2 Å². The number of hydrogen-bond donors (Lipinski definition) is 1. The minimum atomic E-state index is -3.66. The number of halogens is 1. The first-order valence-electron chi connectivity index (χ1n) is 8.96. The van der Waals surface area contributed by atoms with Gasteiger partial charge in [-0.25, -0.2) is 8.42 Å². The minimum absolute atomic E-state index is 0.0605. The molecule has 0 saturated carbocycles. The predicted octanol–water partition coefficient (Wildman–Crippen LogP) is 4.03. The number of carbonyl (C=O) groups excluding carboxylic acids is 1. The molecule has 3 rings (SSSR count). The highest BCUT2D eigenvalue weighted by atomic mass is 35.5. The Hall–Kier alpha value is -2.40. The molecular weight excluding hydrogens is 398 g/mol. The van der Waals surface area contributed by atoms with E-state index in [0.29, 0.717) is 17.3 Å². The van der Waals surface area contributed by atoms with Gasteiger partial charge < -0.3 is 5.32 Å². The van der Waals surface area contributed by atoms with E-state index in [0.717, 1.165) is 19.3 Å². The molecule has 6 nitrogen and oxygen atoms in total. The minimum Gasteiger partial charge on any atom is -0.322 e. The number of sulfonamides is 1. The van der Waals surface area contributed by atoms with Gasteiger partial charge in [-0.05, 0) is 56.2 Å². The first-order chi connectivity index (χ1) is 13.3. The zero-order valence-electron chi connectivity index (χ0n) is 15.4. The molecule has 2 aromatic carbocycles. The van der Waals surface area contributed by atoms with Crippen molar-refractivity contribution in [2.24, 2.45) is 0 Å². The zero-order chi connectivity index (χ0) is 20.3. The number of rotatable bonds is 4. The highest BCUT2D eigenvalue weighted by Gasteiger charge is 2.31. The van der Waals surface area contributed by atoms with Crippen molar-refractivity contribution in [2.45, 2.75) is 37.1 Å². The largest absolute Gasteiger partial charge is 0.322 e. The van der Waals surface area contributed by atoms with Gasteiger partial charge in [0.1, 0.15) is 6.07 Å². The molecule has 0 aliphatic carbocycles. The Labute approximate surface area is 169 Å². The van der Waals surface area contributed by atoms with Crippen molar-refractivity contribution < 1.29 is 13.2 Å². The number of nitrogens with zero attached hydrogens (tertiary/aromatic N) is 2. The molecule has 146 valence electrons. The zero-order valence-corrected chi connectivity index (χ0v) is 16.9. The van der Waals surface area contributed by atoms with Gasteiger partial charge in [0.2, 0.25) is 10.0 Å². The number of anilines is 1. The van der Waals surface area contributed by atoms with Gasteiger partial charge >= 0.3 is 0 Å². The summed E-state index contributed by atoms with van der Waals surface area (Å²) < 4.78 is 27.5. The Morgan fingerprint density at radius 1 is 1.25 bits per heavy atom. The summed E-state index contributed by atoms with van der Waals surface area (Å²) in [5.41, 5.74) is 0.873. The molecular formula is C20H20ClN3O3S. The topological polar surface area (TPSA) is 90.3 Å². The standard InChI is InChI=1S/C20H20ClN3O3S/c1-14-5-2-3-10-24(14)28(26,27)18-7-4-6-15(12-18)20(25)23-17-8-9-19(21)16(11-17)13-22/h4,6-9,11-12,14H,2-3,5,10H2,1H3,(H,23,25). The summed E-state index contributed by atoms with van der Waals surface area (Å²) in [5.74, 6) is -0.463. The maximum absolute atomic E-state index is 13.0. The Balaban J connectivity index is 1.85. The van der Waals surface area contributed by atoms with Gasteiger partial charge in [-0.15, -0.1) is 0 Å². The Kier molecular flexibility index (Phi) is 6.04. The third kappa shape index (κ3) is 4.20. The predicted molar refractivity (Wildman–Crippen MR) is 108 cm³/mol. The van der Waals surface area contributed by atoms with E-state index in [2.05, 4.69) is 5.32 Å². The molecule has 1 amide bonds. The lowest BCUT2D eigenvalue weighted by Crippen LogP contribution is -2.41. The summed E-state index contributed by atoms with van der Waals surface area (Å²) >= 11 is 5.90. The van der Waals surface area contributed by atoms with Gasteiger partial charge in [0.15, 0.2) is 0 Å². The summed E-state index contributed by atoms with van der Waals surface area (Å²) in [7, 11) is -3.66. The molecule has 1 saturated heterocycles. The number of hydrogen-bond acceptors (Lipinski definition) is 4. The van der Waals surface area contributed by atoms with Gasteiger partial charge in [0, 0.05) is 23.8 Å². The highest BCUT2D eigenvalue weighted by molar-refractivity contribution is 7.89. The molecule has 28 heavy (non-hydrogen) atoms. The van der Waals surface area contributed by atoms with E-state index in [1.54, 1.807) is 18.2 Å². The van der Waals surface area contributed by atoms with Gasteiger partial charge in [-0.2, -0.15) is 9.57 Å². The average Bonchev–Trinajstić information content (AvgIpc) is 2.69. The van der Waals surface area contributed by atoms with Crippen molar-refractivity contribution in [3.05, 3.63) is 58.6 Å². The Morgan fingerprint density at radius 2 is 2.04 bits per heavy atom. The van der Waals surface area contributed by atoms with E-state index in [-0.39, 0.29) is 22.1 Å². The monoisotopic (exact) mass is 417 g/mol. The van der Waals surface area contributed by atoms with Gasteiger partial charge in [0.05, 0.1) is 15.5 Å². The third-order valence-electron chi connectivity index (χ3n) is 4.79. The van der Waals surface area contributed by atoms with Gasteiger partial charge in [-0.1, -0.05) is 24.1 Å². The van der Waals surface area contributed by atoms with Crippen LogP contribution >= 0.6 is 11.6 Å². The molecule has 1 atom stereocenters. The first kappa shape index (κ1) is 20.3. The van der Waals surface area contributed by atoms with Crippen LogP contribution in [0.5, 0.6) is 0 Å². The molecule has 2 aromatic rings. The SMILES string of the molecule is CC1CCCCN1S(=O)(=O)c1cccc(C(=O)Nc2ccc(Cl)c(C#N)c2)c1. The fourth-order valence-corrected chi connectivity index (χ4v) is 5.16. The molecule has 1 aliphatic rings. The molecule has 0 spiro atoms. The molecule has 0 aromatic heterocycles. The lowest BCUT2D eigenvalue weighted by molar-refractivity contribution is 0.102. The average molecular weight is 418 g/mol. The maximum Gasteiger partial charge on any atom is 0.255 e. The van der Waals surface area contributed by atoms with Crippen LogP contribution in [-0.2, 0) is 10.0 Å². The third-order valence-corrected chi connectivity index (χ3v) is 7.13. The van der Waals surface area contributed by atoms with Crippen molar-refractivity contribution in [1.82, 2.24) is 4.31 Å². The van der Waals surface area contributed by atoms with Crippen molar-refractivity contribution >= 4 is 33.2 Å². The lowest BCUT2D eigenvalue weighted by Gasteiger charge is -2.32. The van der Waals surface area contributed by atoms with E-state index in [4.69, 9.17) is 16.9 Å². The van der Waals surface area contributed by atoms with E-state index >= 15 is 0 Å². The smallest absolute Gasteiger partial charge is 0.255 e. The summed E-state index contributed by atoms with van der Waals surface area (Å²) in [5, 5.41) is 12.0. The Bertz CT molecular complexity index is 1050. The highest BCUT2D eigenvalue weighted by Crippen LogP contribution is 2.26. The quantitative estimate of drug-likeness (QED) is 0.813. The maximum atomic E-state index is 13.0. The summed E-state index contributed by atoms with van der Waals surface area (Å²) in [6, 6.07) is 12.5. The fourth-order valence-electron chi connectivity index (χ4n) is 3.25. The van der Waals surface area contributed by atoms with Crippen LogP contribution in [0.15, 0.2) is 47.4 Å².